The molecule has 154 valence electrons. The van der Waals surface area contributed by atoms with Gasteiger partial charge in [-0.2, -0.15) is 0 Å². The van der Waals surface area contributed by atoms with E-state index in [0.717, 1.165) is 17.7 Å². The van der Waals surface area contributed by atoms with Gasteiger partial charge in [0, 0.05) is 38.3 Å². The summed E-state index contributed by atoms with van der Waals surface area (Å²) < 4.78 is 26.9. The van der Waals surface area contributed by atoms with Gasteiger partial charge in [-0.05, 0) is 29.7 Å². The summed E-state index contributed by atoms with van der Waals surface area (Å²) in [4.78, 5) is 28.9. The lowest BCUT2D eigenvalue weighted by atomic mass is 10.00. The highest BCUT2D eigenvalue weighted by Crippen LogP contribution is 2.19. The molecule has 1 aliphatic rings. The fraction of sp³-hybridized carbons (Fsp3) is 0.364. The lowest BCUT2D eigenvalue weighted by molar-refractivity contribution is -0.132. The fourth-order valence-electron chi connectivity index (χ4n) is 3.43. The van der Waals surface area contributed by atoms with E-state index in [2.05, 4.69) is 5.32 Å². The van der Waals surface area contributed by atoms with Crippen LogP contribution in [-0.2, 0) is 4.79 Å². The van der Waals surface area contributed by atoms with Crippen molar-refractivity contribution in [2.24, 2.45) is 0 Å². The molecule has 1 atom stereocenters. The number of benzene rings is 2. The Morgan fingerprint density at radius 2 is 1.76 bits per heavy atom. The molecule has 0 saturated carbocycles. The van der Waals surface area contributed by atoms with E-state index in [1.165, 1.54) is 11.0 Å². The quantitative estimate of drug-likeness (QED) is 0.810. The number of hydrogen-bond acceptors (Lipinski definition) is 3. The van der Waals surface area contributed by atoms with Crippen LogP contribution in [0.15, 0.2) is 48.5 Å². The molecule has 0 aliphatic carbocycles. The Kier molecular flexibility index (Phi) is 6.93. The molecule has 29 heavy (non-hydrogen) atoms. The lowest BCUT2D eigenvalue weighted by Crippen LogP contribution is -2.50. The first-order valence-electron chi connectivity index (χ1n) is 9.73. The second-order valence-electron chi connectivity index (χ2n) is 7.26. The molecule has 0 radical (unpaired) electrons. The number of nitrogens with zero attached hydrogens (tertiary/aromatic N) is 2. The summed E-state index contributed by atoms with van der Waals surface area (Å²) in [6.45, 7) is 4.75. The zero-order chi connectivity index (χ0) is 20.8. The molecule has 1 saturated heterocycles. The first kappa shape index (κ1) is 20.9. The number of rotatable bonds is 6. The second kappa shape index (κ2) is 9.60. The van der Waals surface area contributed by atoms with Gasteiger partial charge in [-0.3, -0.25) is 9.59 Å². The van der Waals surface area contributed by atoms with E-state index in [4.69, 9.17) is 0 Å². The van der Waals surface area contributed by atoms with Gasteiger partial charge in [-0.25, -0.2) is 8.78 Å². The van der Waals surface area contributed by atoms with Crippen molar-refractivity contribution in [2.45, 2.75) is 12.8 Å². The molecule has 2 aromatic rings. The first-order valence-corrected chi connectivity index (χ1v) is 9.73. The third-order valence-electron chi connectivity index (χ3n) is 5.11. The maximum Gasteiger partial charge on any atom is 0.254 e. The third-order valence-corrected chi connectivity index (χ3v) is 5.11. The fourth-order valence-corrected chi connectivity index (χ4v) is 3.43. The molecule has 0 unspecified atom stereocenters. The number of carbonyl (C=O) groups excluding carboxylic acids is 2. The van der Waals surface area contributed by atoms with E-state index >= 15 is 0 Å². The van der Waals surface area contributed by atoms with Gasteiger partial charge >= 0.3 is 0 Å². The zero-order valence-corrected chi connectivity index (χ0v) is 16.4. The monoisotopic (exact) mass is 401 g/mol. The Bertz CT molecular complexity index is 854. The van der Waals surface area contributed by atoms with Crippen LogP contribution in [-0.4, -0.2) is 60.9 Å². The predicted octanol–water partition coefficient (Wildman–Crippen LogP) is 2.64. The number of piperazine rings is 1. The molecule has 5 nitrogen and oxygen atoms in total. The third kappa shape index (κ3) is 5.38. The average Bonchev–Trinajstić information content (AvgIpc) is 2.75. The molecule has 0 aromatic heterocycles. The molecule has 7 heteroatoms. The van der Waals surface area contributed by atoms with Crippen molar-refractivity contribution in [3.8, 4) is 0 Å². The zero-order valence-electron chi connectivity index (χ0n) is 16.4. The van der Waals surface area contributed by atoms with E-state index in [-0.39, 0.29) is 23.9 Å². The van der Waals surface area contributed by atoms with E-state index in [1.54, 1.807) is 4.90 Å². The number of amides is 2. The van der Waals surface area contributed by atoms with Crippen LogP contribution in [0.5, 0.6) is 0 Å². The van der Waals surface area contributed by atoms with Crippen LogP contribution in [0, 0.1) is 11.6 Å². The van der Waals surface area contributed by atoms with Crippen LogP contribution in [0.1, 0.15) is 28.8 Å². The van der Waals surface area contributed by atoms with Gasteiger partial charge in [-0.1, -0.05) is 37.3 Å². The molecule has 0 spiro atoms. The number of halogens is 2. The van der Waals surface area contributed by atoms with Gasteiger partial charge in [0.15, 0.2) is 11.6 Å². The van der Waals surface area contributed by atoms with Gasteiger partial charge in [0.25, 0.3) is 5.91 Å². The molecule has 1 fully saturated rings. The van der Waals surface area contributed by atoms with E-state index < -0.39 is 17.5 Å². The second-order valence-corrected chi connectivity index (χ2v) is 7.26. The van der Waals surface area contributed by atoms with Crippen molar-refractivity contribution in [1.29, 1.82) is 0 Å². The maximum absolute atomic E-state index is 13.7. The molecule has 2 amide bonds. The SMILES string of the molecule is C[C@H](CN(CC(=O)N1CCNCC1)C(=O)c1ccc(F)c(F)c1)c1ccccc1. The van der Waals surface area contributed by atoms with Gasteiger partial charge in [0.1, 0.15) is 6.54 Å². The Morgan fingerprint density at radius 1 is 1.07 bits per heavy atom. The highest BCUT2D eigenvalue weighted by atomic mass is 19.2. The molecule has 0 bridgehead atoms. The summed E-state index contributed by atoms with van der Waals surface area (Å²) in [7, 11) is 0. The number of nitrogens with one attached hydrogen (secondary N) is 1. The molecule has 1 N–H and O–H groups in total. The average molecular weight is 401 g/mol. The predicted molar refractivity (Wildman–Crippen MR) is 107 cm³/mol. The molecule has 3 rings (SSSR count). The highest BCUT2D eigenvalue weighted by Gasteiger charge is 2.25. The minimum Gasteiger partial charge on any atom is -0.339 e. The van der Waals surface area contributed by atoms with Gasteiger partial charge in [0.2, 0.25) is 5.91 Å². The molecule has 1 heterocycles. The van der Waals surface area contributed by atoms with Crippen LogP contribution in [0.4, 0.5) is 8.78 Å². The van der Waals surface area contributed by atoms with Gasteiger partial charge < -0.3 is 15.1 Å². The summed E-state index contributed by atoms with van der Waals surface area (Å²) in [5.41, 5.74) is 1.06. The van der Waals surface area contributed by atoms with E-state index in [9.17, 15) is 18.4 Å². The Balaban J connectivity index is 1.80. The van der Waals surface area contributed by atoms with Crippen molar-refractivity contribution in [3.63, 3.8) is 0 Å². The maximum atomic E-state index is 13.7. The van der Waals surface area contributed by atoms with Gasteiger partial charge in [-0.15, -0.1) is 0 Å². The molecular formula is C22H25F2N3O2. The van der Waals surface area contributed by atoms with Crippen molar-refractivity contribution in [1.82, 2.24) is 15.1 Å². The topological polar surface area (TPSA) is 52.7 Å². The Hall–Kier alpha value is -2.80. The van der Waals surface area contributed by atoms with Crippen LogP contribution >= 0.6 is 0 Å². The standard InChI is InChI=1S/C22H25F2N3O2/c1-16(17-5-3-2-4-6-17)14-27(15-21(28)26-11-9-25-10-12-26)22(29)18-7-8-19(23)20(24)13-18/h2-8,13,16,25H,9-12,14-15H2,1H3/t16-/m1/s1. The minimum atomic E-state index is -1.08. The van der Waals surface area contributed by atoms with Crippen LogP contribution in [0.25, 0.3) is 0 Å². The highest BCUT2D eigenvalue weighted by molar-refractivity contribution is 5.96. The Morgan fingerprint density at radius 3 is 2.41 bits per heavy atom. The van der Waals surface area contributed by atoms with E-state index in [1.807, 2.05) is 37.3 Å². The van der Waals surface area contributed by atoms with Crippen molar-refractivity contribution in [3.05, 3.63) is 71.3 Å². The van der Waals surface area contributed by atoms with Crippen molar-refractivity contribution in [2.75, 3.05) is 39.3 Å². The molecule has 1 aliphatic heterocycles. The first-order chi connectivity index (χ1) is 14.0. The van der Waals surface area contributed by atoms with Crippen LogP contribution < -0.4 is 5.32 Å². The summed E-state index contributed by atoms with van der Waals surface area (Å²) in [6, 6.07) is 12.7. The van der Waals surface area contributed by atoms with Crippen LogP contribution in [0.2, 0.25) is 0 Å². The smallest absolute Gasteiger partial charge is 0.254 e. The summed E-state index contributed by atoms with van der Waals surface area (Å²) >= 11 is 0. The van der Waals surface area contributed by atoms with Crippen molar-refractivity contribution < 1.29 is 18.4 Å². The minimum absolute atomic E-state index is 0.0253. The molecule has 2 aromatic carbocycles. The van der Waals surface area contributed by atoms with Crippen molar-refractivity contribution >= 4 is 11.8 Å². The summed E-state index contributed by atoms with van der Waals surface area (Å²) in [5.74, 6) is -2.76. The Labute approximate surface area is 169 Å². The van der Waals surface area contributed by atoms with E-state index in [0.29, 0.717) is 32.7 Å². The lowest BCUT2D eigenvalue weighted by Gasteiger charge is -2.31. The molecular weight excluding hydrogens is 376 g/mol. The number of hydrogen-bond donors (Lipinski definition) is 1. The summed E-state index contributed by atoms with van der Waals surface area (Å²) in [5, 5.41) is 3.19. The summed E-state index contributed by atoms with van der Waals surface area (Å²) in [6.07, 6.45) is 0. The van der Waals surface area contributed by atoms with Crippen LogP contribution in [0.3, 0.4) is 0 Å². The number of carbonyl (C=O) groups is 2. The van der Waals surface area contributed by atoms with Gasteiger partial charge in [0.05, 0.1) is 0 Å². The largest absolute Gasteiger partial charge is 0.339 e. The normalized spacial score (nSPS) is 15.1.